The number of unbranched alkanes of at least 4 members (excludes halogenated alkanes) is 4. The number of aryl methyl sites for hydroxylation is 1. The maximum absolute atomic E-state index is 12.8. The first-order valence-electron chi connectivity index (χ1n) is 9.65. The van der Waals surface area contributed by atoms with E-state index in [1.807, 2.05) is 6.92 Å². The van der Waals surface area contributed by atoms with Gasteiger partial charge in [0.25, 0.3) is 5.69 Å². The molecule has 2 aromatic carbocycles. The maximum atomic E-state index is 12.8. The van der Waals surface area contributed by atoms with Gasteiger partial charge in [-0.3, -0.25) is 10.1 Å². The van der Waals surface area contributed by atoms with Crippen LogP contribution in [-0.2, 0) is 10.0 Å². The van der Waals surface area contributed by atoms with Crippen molar-refractivity contribution in [2.75, 3.05) is 0 Å². The first-order chi connectivity index (χ1) is 13.8. The van der Waals surface area contributed by atoms with Crippen LogP contribution < -0.4 is 4.72 Å². The van der Waals surface area contributed by atoms with Crippen molar-refractivity contribution in [3.63, 3.8) is 0 Å². The molecular weight excluding hydrogens is 388 g/mol. The number of nitro benzene ring substituents is 1. The number of nitro groups is 1. The number of hydrogen-bond acceptors (Lipinski definition) is 4. The van der Waals surface area contributed by atoms with Crippen LogP contribution in [0.5, 0.6) is 0 Å². The molecule has 0 heterocycles. The van der Waals surface area contributed by atoms with Crippen LogP contribution in [0.15, 0.2) is 53.4 Å². The fourth-order valence-corrected chi connectivity index (χ4v) is 3.86. The SMILES string of the molecule is CCCCCCC#CC(NS(=O)(=O)c1ccc(C)cc1)c1ccc([N+](=O)[O-])cc1. The van der Waals surface area contributed by atoms with E-state index in [1.54, 1.807) is 24.3 Å². The Bertz CT molecular complexity index is 972. The van der Waals surface area contributed by atoms with E-state index in [9.17, 15) is 18.5 Å². The summed E-state index contributed by atoms with van der Waals surface area (Å²) in [6.45, 7) is 4.02. The molecule has 1 unspecified atom stereocenters. The first-order valence-corrected chi connectivity index (χ1v) is 11.1. The van der Waals surface area contributed by atoms with Gasteiger partial charge in [0.05, 0.1) is 9.82 Å². The number of non-ortho nitro benzene ring substituents is 1. The average molecular weight is 415 g/mol. The lowest BCUT2D eigenvalue weighted by Gasteiger charge is -2.14. The lowest BCUT2D eigenvalue weighted by Crippen LogP contribution is -2.28. The van der Waals surface area contributed by atoms with Gasteiger partial charge in [-0.2, -0.15) is 4.72 Å². The van der Waals surface area contributed by atoms with Gasteiger partial charge in [-0.15, -0.1) is 5.92 Å². The van der Waals surface area contributed by atoms with Gasteiger partial charge < -0.3 is 0 Å². The van der Waals surface area contributed by atoms with Gasteiger partial charge in [0.2, 0.25) is 10.0 Å². The van der Waals surface area contributed by atoms with Crippen molar-refractivity contribution >= 4 is 15.7 Å². The molecule has 2 aromatic rings. The summed E-state index contributed by atoms with van der Waals surface area (Å²) in [4.78, 5) is 10.5. The minimum atomic E-state index is -3.79. The molecule has 0 aliphatic heterocycles. The van der Waals surface area contributed by atoms with Crippen molar-refractivity contribution in [1.29, 1.82) is 0 Å². The third kappa shape index (κ3) is 7.00. The average Bonchev–Trinajstić information content (AvgIpc) is 2.70. The standard InChI is InChI=1S/C22H26N2O4S/c1-3-4-5-6-7-8-9-22(19-12-14-20(15-13-19)24(25)26)23-29(27,28)21-16-10-18(2)11-17-21/h10-17,22-23H,3-7H2,1-2H3. The molecule has 0 saturated carbocycles. The topological polar surface area (TPSA) is 89.3 Å². The molecule has 0 spiro atoms. The highest BCUT2D eigenvalue weighted by molar-refractivity contribution is 7.89. The molecule has 0 fully saturated rings. The molecule has 1 atom stereocenters. The van der Waals surface area contributed by atoms with E-state index in [2.05, 4.69) is 23.5 Å². The summed E-state index contributed by atoms with van der Waals surface area (Å²) in [7, 11) is -3.79. The number of benzene rings is 2. The number of nitrogens with zero attached hydrogens (tertiary/aromatic N) is 1. The van der Waals surface area contributed by atoms with Gasteiger partial charge >= 0.3 is 0 Å². The Hall–Kier alpha value is -2.69. The zero-order valence-corrected chi connectivity index (χ0v) is 17.5. The molecule has 29 heavy (non-hydrogen) atoms. The van der Waals surface area contributed by atoms with Crippen molar-refractivity contribution in [1.82, 2.24) is 4.72 Å². The summed E-state index contributed by atoms with van der Waals surface area (Å²) in [6.07, 6.45) is 5.00. The van der Waals surface area contributed by atoms with Crippen LogP contribution in [0, 0.1) is 28.9 Å². The van der Waals surface area contributed by atoms with Crippen LogP contribution >= 0.6 is 0 Å². The van der Waals surface area contributed by atoms with Crippen molar-refractivity contribution in [3.8, 4) is 11.8 Å². The van der Waals surface area contributed by atoms with Crippen molar-refractivity contribution in [2.45, 2.75) is 56.9 Å². The van der Waals surface area contributed by atoms with Crippen LogP contribution in [0.4, 0.5) is 5.69 Å². The van der Waals surface area contributed by atoms with Gasteiger partial charge in [-0.25, -0.2) is 8.42 Å². The Balaban J connectivity index is 2.25. The molecule has 7 heteroatoms. The largest absolute Gasteiger partial charge is 0.269 e. The van der Waals surface area contributed by atoms with Gasteiger partial charge in [-0.1, -0.05) is 49.8 Å². The third-order valence-electron chi connectivity index (χ3n) is 4.44. The lowest BCUT2D eigenvalue weighted by atomic mass is 10.1. The summed E-state index contributed by atoms with van der Waals surface area (Å²) in [6, 6.07) is 11.5. The molecule has 1 N–H and O–H groups in total. The Labute approximate surface area is 172 Å². The summed E-state index contributed by atoms with van der Waals surface area (Å²) in [5, 5.41) is 10.9. The molecule has 0 bridgehead atoms. The Morgan fingerprint density at radius 3 is 2.28 bits per heavy atom. The molecule has 154 valence electrons. The van der Waals surface area contributed by atoms with E-state index in [0.29, 0.717) is 12.0 Å². The van der Waals surface area contributed by atoms with Crippen molar-refractivity contribution < 1.29 is 13.3 Å². The van der Waals surface area contributed by atoms with Crippen LogP contribution in [0.1, 0.15) is 56.2 Å². The lowest BCUT2D eigenvalue weighted by molar-refractivity contribution is -0.384. The molecular formula is C22H26N2O4S. The summed E-state index contributed by atoms with van der Waals surface area (Å²) >= 11 is 0. The minimum Gasteiger partial charge on any atom is -0.258 e. The van der Waals surface area contributed by atoms with E-state index in [4.69, 9.17) is 0 Å². The fourth-order valence-electron chi connectivity index (χ4n) is 2.72. The highest BCUT2D eigenvalue weighted by Gasteiger charge is 2.20. The predicted molar refractivity (Wildman–Crippen MR) is 114 cm³/mol. The smallest absolute Gasteiger partial charge is 0.258 e. The van der Waals surface area contributed by atoms with E-state index in [0.717, 1.165) is 31.2 Å². The van der Waals surface area contributed by atoms with E-state index in [1.165, 1.54) is 24.3 Å². The highest BCUT2D eigenvalue weighted by atomic mass is 32.2. The normalized spacial score (nSPS) is 12.1. The van der Waals surface area contributed by atoms with E-state index < -0.39 is 21.0 Å². The molecule has 0 amide bonds. The molecule has 2 rings (SSSR count). The quantitative estimate of drug-likeness (QED) is 0.274. The number of sulfonamides is 1. The number of rotatable bonds is 9. The van der Waals surface area contributed by atoms with Crippen molar-refractivity contribution in [3.05, 3.63) is 69.8 Å². The van der Waals surface area contributed by atoms with Gasteiger partial charge in [0, 0.05) is 18.6 Å². The Kier molecular flexibility index (Phi) is 8.37. The first kappa shape index (κ1) is 22.6. The monoisotopic (exact) mass is 414 g/mol. The molecule has 0 saturated heterocycles. The van der Waals surface area contributed by atoms with E-state index >= 15 is 0 Å². The van der Waals surface area contributed by atoms with Crippen LogP contribution in [-0.4, -0.2) is 13.3 Å². The predicted octanol–water partition coefficient (Wildman–Crippen LogP) is 4.90. The van der Waals surface area contributed by atoms with Gasteiger partial charge in [-0.05, 0) is 43.2 Å². The Morgan fingerprint density at radius 2 is 1.69 bits per heavy atom. The van der Waals surface area contributed by atoms with Crippen LogP contribution in [0.2, 0.25) is 0 Å². The van der Waals surface area contributed by atoms with Crippen molar-refractivity contribution in [2.24, 2.45) is 0 Å². The summed E-state index contributed by atoms with van der Waals surface area (Å²) in [5.74, 6) is 6.04. The highest BCUT2D eigenvalue weighted by Crippen LogP contribution is 2.20. The second kappa shape index (κ2) is 10.7. The van der Waals surface area contributed by atoms with Gasteiger partial charge in [0.1, 0.15) is 6.04 Å². The Morgan fingerprint density at radius 1 is 1.03 bits per heavy atom. The minimum absolute atomic E-state index is 0.0542. The third-order valence-corrected chi connectivity index (χ3v) is 5.88. The van der Waals surface area contributed by atoms with Crippen LogP contribution in [0.3, 0.4) is 0 Å². The zero-order chi connectivity index (χ0) is 21.3. The molecule has 0 aliphatic carbocycles. The number of nitrogens with one attached hydrogen (secondary N) is 1. The summed E-state index contributed by atoms with van der Waals surface area (Å²) in [5.41, 5.74) is 1.47. The zero-order valence-electron chi connectivity index (χ0n) is 16.7. The van der Waals surface area contributed by atoms with Gasteiger partial charge in [0.15, 0.2) is 0 Å². The molecule has 6 nitrogen and oxygen atoms in total. The maximum Gasteiger partial charge on any atom is 0.269 e. The van der Waals surface area contributed by atoms with Crippen LogP contribution in [0.25, 0.3) is 0 Å². The molecule has 0 aromatic heterocycles. The number of hydrogen-bond donors (Lipinski definition) is 1. The second-order valence-corrected chi connectivity index (χ2v) is 8.56. The molecule has 0 aliphatic rings. The molecule has 0 radical (unpaired) electrons. The fraction of sp³-hybridized carbons (Fsp3) is 0.364. The second-order valence-electron chi connectivity index (χ2n) is 6.85. The van der Waals surface area contributed by atoms with E-state index in [-0.39, 0.29) is 10.6 Å². The summed E-state index contributed by atoms with van der Waals surface area (Å²) < 4.78 is 28.2.